The molecule has 0 saturated heterocycles. The highest BCUT2D eigenvalue weighted by Crippen LogP contribution is 2.44. The summed E-state index contributed by atoms with van der Waals surface area (Å²) in [6.45, 7) is 7.08. The predicted molar refractivity (Wildman–Crippen MR) is 132 cm³/mol. The molecule has 0 bridgehead atoms. The van der Waals surface area contributed by atoms with Gasteiger partial charge in [-0.1, -0.05) is 66.9 Å². The van der Waals surface area contributed by atoms with Gasteiger partial charge in [0.15, 0.2) is 12.7 Å². The molecular weight excluding hydrogens is 400 g/mol. The number of fused-ring (bicyclic) bond motifs is 2. The minimum atomic E-state index is 0.618. The zero-order valence-corrected chi connectivity index (χ0v) is 18.8. The topological polar surface area (TPSA) is 16.4 Å². The number of rotatable bonds is 7. The van der Waals surface area contributed by atoms with Crippen molar-refractivity contribution in [2.24, 2.45) is 0 Å². The first-order valence-corrected chi connectivity index (χ1v) is 11.2. The molecule has 0 unspecified atom stereocenters. The quantitative estimate of drug-likeness (QED) is 0.249. The Morgan fingerprint density at radius 1 is 1.06 bits per heavy atom. The first kappa shape index (κ1) is 21.0. The molecule has 0 radical (unpaired) electrons. The average molecular weight is 428 g/mol. The van der Waals surface area contributed by atoms with Crippen LogP contribution in [0.2, 0.25) is 0 Å². The van der Waals surface area contributed by atoms with E-state index in [9.17, 15) is 0 Å². The summed E-state index contributed by atoms with van der Waals surface area (Å²) in [5.74, 6) is 0.747. The minimum absolute atomic E-state index is 0.618. The van der Waals surface area contributed by atoms with Crippen LogP contribution in [-0.4, -0.2) is 13.7 Å². The van der Waals surface area contributed by atoms with Gasteiger partial charge in [-0.25, -0.2) is 0 Å². The summed E-state index contributed by atoms with van der Waals surface area (Å²) in [7, 11) is 2.11. The van der Waals surface area contributed by atoms with Crippen molar-refractivity contribution in [1.29, 1.82) is 0 Å². The summed E-state index contributed by atoms with van der Waals surface area (Å²) in [5, 5.41) is 2.46. The molecule has 0 aliphatic carbocycles. The van der Waals surface area contributed by atoms with E-state index in [4.69, 9.17) is 4.74 Å². The van der Waals surface area contributed by atoms with Crippen molar-refractivity contribution in [3.8, 4) is 0 Å². The standard InChI is InChI=1S/C27H27N2OS/c1-21(2)30-20-19-29-18-17-22(23-12-7-8-13-24(23)29)11-5-4-6-16-27-28(3)25-14-9-10-15-26(25)31-27/h4-18H,1,19-20H2,2-3H3/q+1. The van der Waals surface area contributed by atoms with Gasteiger partial charge in [-0.05, 0) is 36.8 Å². The van der Waals surface area contributed by atoms with Crippen LogP contribution in [0.4, 0.5) is 5.69 Å². The lowest BCUT2D eigenvalue weighted by Gasteiger charge is -2.12. The maximum atomic E-state index is 5.54. The molecule has 31 heavy (non-hydrogen) atoms. The van der Waals surface area contributed by atoms with Gasteiger partial charge in [0, 0.05) is 24.1 Å². The Balaban J connectivity index is 1.47. The molecule has 4 heteroatoms. The summed E-state index contributed by atoms with van der Waals surface area (Å²) in [4.78, 5) is 3.53. The predicted octanol–water partition coefficient (Wildman–Crippen LogP) is 6.33. The van der Waals surface area contributed by atoms with Crippen LogP contribution in [0.1, 0.15) is 12.5 Å². The van der Waals surface area contributed by atoms with E-state index in [1.807, 2.05) is 6.92 Å². The van der Waals surface area contributed by atoms with Gasteiger partial charge in [0.25, 0.3) is 0 Å². The van der Waals surface area contributed by atoms with Gasteiger partial charge < -0.3 is 9.64 Å². The Hall–Kier alpha value is -3.24. The van der Waals surface area contributed by atoms with E-state index < -0.39 is 0 Å². The van der Waals surface area contributed by atoms with Gasteiger partial charge in [0.05, 0.1) is 21.9 Å². The van der Waals surface area contributed by atoms with Crippen molar-refractivity contribution in [2.75, 3.05) is 18.6 Å². The summed E-state index contributed by atoms with van der Waals surface area (Å²) >= 11 is 1.80. The molecule has 0 atom stereocenters. The third-order valence-corrected chi connectivity index (χ3v) is 6.33. The monoisotopic (exact) mass is 427 g/mol. The van der Waals surface area contributed by atoms with Crippen LogP contribution in [0.25, 0.3) is 17.0 Å². The van der Waals surface area contributed by atoms with Crippen molar-refractivity contribution in [2.45, 2.75) is 18.4 Å². The van der Waals surface area contributed by atoms with E-state index in [2.05, 4.69) is 114 Å². The molecule has 0 saturated carbocycles. The summed E-state index contributed by atoms with van der Waals surface area (Å²) < 4.78 is 7.76. The third kappa shape index (κ3) is 4.92. The fourth-order valence-corrected chi connectivity index (χ4v) is 4.66. The van der Waals surface area contributed by atoms with Gasteiger partial charge in [-0.15, -0.1) is 0 Å². The van der Waals surface area contributed by atoms with Crippen molar-refractivity contribution in [3.63, 3.8) is 0 Å². The molecule has 1 aliphatic rings. The molecular formula is C27H27N2OS+. The Morgan fingerprint density at radius 2 is 1.87 bits per heavy atom. The lowest BCUT2D eigenvalue weighted by molar-refractivity contribution is -0.672. The molecule has 1 aliphatic heterocycles. The highest BCUT2D eigenvalue weighted by molar-refractivity contribution is 8.03. The van der Waals surface area contributed by atoms with E-state index in [1.54, 1.807) is 11.8 Å². The molecule has 0 N–H and O–H groups in total. The number of ether oxygens (including phenoxy) is 1. The van der Waals surface area contributed by atoms with E-state index in [1.165, 1.54) is 32.1 Å². The second-order valence-corrected chi connectivity index (χ2v) is 8.47. The van der Waals surface area contributed by atoms with Crippen LogP contribution >= 0.6 is 11.8 Å². The van der Waals surface area contributed by atoms with Crippen molar-refractivity contribution >= 4 is 34.4 Å². The zero-order chi connectivity index (χ0) is 21.6. The van der Waals surface area contributed by atoms with Crippen LogP contribution < -0.4 is 9.47 Å². The number of allylic oxidation sites excluding steroid dienone is 5. The molecule has 2 heterocycles. The highest BCUT2D eigenvalue weighted by atomic mass is 32.2. The lowest BCUT2D eigenvalue weighted by atomic mass is 10.1. The number of para-hydroxylation sites is 2. The Kier molecular flexibility index (Phi) is 6.58. The fraction of sp³-hybridized carbons (Fsp3) is 0.148. The number of pyridine rings is 1. The van der Waals surface area contributed by atoms with Crippen LogP contribution in [0.5, 0.6) is 0 Å². The Morgan fingerprint density at radius 3 is 2.71 bits per heavy atom. The maximum absolute atomic E-state index is 5.54. The van der Waals surface area contributed by atoms with Gasteiger partial charge >= 0.3 is 0 Å². The molecule has 3 aromatic rings. The first-order valence-electron chi connectivity index (χ1n) is 10.4. The second kappa shape index (κ2) is 9.71. The largest absolute Gasteiger partial charge is 0.492 e. The lowest BCUT2D eigenvalue weighted by Crippen LogP contribution is -2.36. The van der Waals surface area contributed by atoms with E-state index in [0.29, 0.717) is 6.61 Å². The third-order valence-electron chi connectivity index (χ3n) is 5.15. The number of hydrogen-bond donors (Lipinski definition) is 0. The molecule has 0 fully saturated rings. The van der Waals surface area contributed by atoms with Gasteiger partial charge in [-0.3, -0.25) is 0 Å². The van der Waals surface area contributed by atoms with Gasteiger partial charge in [0.2, 0.25) is 5.52 Å². The summed E-state index contributed by atoms with van der Waals surface area (Å²) in [6, 6.07) is 19.1. The molecule has 2 aromatic carbocycles. The summed E-state index contributed by atoms with van der Waals surface area (Å²) in [6.07, 6.45) is 12.7. The van der Waals surface area contributed by atoms with E-state index in [0.717, 1.165) is 12.3 Å². The number of anilines is 1. The van der Waals surface area contributed by atoms with Crippen LogP contribution in [-0.2, 0) is 11.3 Å². The smallest absolute Gasteiger partial charge is 0.213 e. The fourth-order valence-electron chi connectivity index (χ4n) is 3.59. The van der Waals surface area contributed by atoms with E-state index >= 15 is 0 Å². The first-order chi connectivity index (χ1) is 15.1. The molecule has 0 spiro atoms. The molecule has 1 aromatic heterocycles. The van der Waals surface area contributed by atoms with Crippen LogP contribution in [0.3, 0.4) is 0 Å². The minimum Gasteiger partial charge on any atom is -0.492 e. The Labute approximate surface area is 188 Å². The number of hydrogen-bond acceptors (Lipinski definition) is 3. The van der Waals surface area contributed by atoms with Crippen molar-refractivity contribution in [3.05, 3.63) is 108 Å². The van der Waals surface area contributed by atoms with Crippen molar-refractivity contribution in [1.82, 2.24) is 0 Å². The molecule has 3 nitrogen and oxygen atoms in total. The van der Waals surface area contributed by atoms with Gasteiger partial charge in [-0.2, -0.15) is 4.57 Å². The highest BCUT2D eigenvalue weighted by Gasteiger charge is 2.20. The van der Waals surface area contributed by atoms with Crippen molar-refractivity contribution < 1.29 is 9.30 Å². The number of thioether (sulfide) groups is 1. The van der Waals surface area contributed by atoms with Crippen LogP contribution in [0.15, 0.2) is 107 Å². The SMILES string of the molecule is C=C(C)OCC[n+]1ccc(C=CC=CC=C2Sc3ccccc3N2C)c2ccccc21. The molecule has 0 amide bonds. The zero-order valence-electron chi connectivity index (χ0n) is 18.0. The summed E-state index contributed by atoms with van der Waals surface area (Å²) in [5.41, 5.74) is 3.66. The number of benzene rings is 2. The normalized spacial score (nSPS) is 14.8. The number of aromatic nitrogens is 1. The molecule has 4 rings (SSSR count). The van der Waals surface area contributed by atoms with E-state index in [-0.39, 0.29) is 0 Å². The van der Waals surface area contributed by atoms with Gasteiger partial charge in [0.1, 0.15) is 6.61 Å². The van der Waals surface area contributed by atoms with Crippen LogP contribution in [0, 0.1) is 0 Å². The second-order valence-electron chi connectivity index (χ2n) is 7.41. The Bertz CT molecular complexity index is 1190. The molecule has 156 valence electrons. The average Bonchev–Trinajstić information content (AvgIpc) is 3.10. The maximum Gasteiger partial charge on any atom is 0.213 e. The number of nitrogens with zero attached hydrogens (tertiary/aromatic N) is 2.